The van der Waals surface area contributed by atoms with E-state index in [4.69, 9.17) is 4.74 Å². The summed E-state index contributed by atoms with van der Waals surface area (Å²) in [4.78, 5) is 23.2. The summed E-state index contributed by atoms with van der Waals surface area (Å²) in [6.45, 7) is 9.06. The fourth-order valence-corrected chi connectivity index (χ4v) is 1.73. The van der Waals surface area contributed by atoms with Crippen LogP contribution in [-0.2, 0) is 20.7 Å². The van der Waals surface area contributed by atoms with Crippen LogP contribution in [0.5, 0.6) is 0 Å². The largest absolute Gasteiger partial charge is 0.460 e. The molecule has 3 nitrogen and oxygen atoms in total. The highest BCUT2D eigenvalue weighted by molar-refractivity contribution is 5.95. The van der Waals surface area contributed by atoms with Gasteiger partial charge in [0.1, 0.15) is 17.8 Å². The van der Waals surface area contributed by atoms with E-state index < -0.39 is 11.6 Å². The molecule has 0 aliphatic heterocycles. The molecule has 108 valence electrons. The van der Waals surface area contributed by atoms with Crippen LogP contribution in [0.15, 0.2) is 30.8 Å². The van der Waals surface area contributed by atoms with Crippen LogP contribution in [0.3, 0.4) is 0 Å². The van der Waals surface area contributed by atoms with Crippen molar-refractivity contribution in [3.63, 3.8) is 0 Å². The third-order valence-electron chi connectivity index (χ3n) is 2.67. The average Bonchev–Trinajstić information content (AvgIpc) is 2.34. The minimum absolute atomic E-state index is 0.0907. The number of esters is 1. The molecule has 1 rings (SSSR count). The first-order valence-corrected chi connectivity index (χ1v) is 6.75. The Morgan fingerprint density at radius 3 is 2.30 bits per heavy atom. The van der Waals surface area contributed by atoms with Crippen molar-refractivity contribution in [1.29, 1.82) is 0 Å². The molecule has 1 aromatic rings. The van der Waals surface area contributed by atoms with Crippen molar-refractivity contribution in [2.45, 2.75) is 45.6 Å². The van der Waals surface area contributed by atoms with E-state index in [1.54, 1.807) is 26.8 Å². The zero-order valence-corrected chi connectivity index (χ0v) is 12.4. The number of rotatable bonds is 6. The molecule has 0 saturated carbocycles. The van der Waals surface area contributed by atoms with E-state index in [1.807, 2.05) is 24.3 Å². The van der Waals surface area contributed by atoms with Crippen LogP contribution in [0.2, 0.25) is 0 Å². The summed E-state index contributed by atoms with van der Waals surface area (Å²) < 4.78 is 5.12. The van der Waals surface area contributed by atoms with E-state index in [2.05, 4.69) is 6.58 Å². The van der Waals surface area contributed by atoms with Gasteiger partial charge in [-0.15, -0.1) is 0 Å². The fourth-order valence-electron chi connectivity index (χ4n) is 1.73. The van der Waals surface area contributed by atoms with Gasteiger partial charge in [-0.25, -0.2) is 0 Å². The van der Waals surface area contributed by atoms with Crippen LogP contribution < -0.4 is 0 Å². The Bertz CT molecular complexity index is 478. The van der Waals surface area contributed by atoms with Crippen LogP contribution in [0.4, 0.5) is 0 Å². The molecule has 0 saturated heterocycles. The Balaban J connectivity index is 2.39. The summed E-state index contributed by atoms with van der Waals surface area (Å²) in [6, 6.07) is 7.86. The highest BCUT2D eigenvalue weighted by Crippen LogP contribution is 2.11. The van der Waals surface area contributed by atoms with Gasteiger partial charge in [0.05, 0.1) is 0 Å². The molecule has 0 heterocycles. The predicted molar refractivity (Wildman–Crippen MR) is 80.3 cm³/mol. The molecule has 20 heavy (non-hydrogen) atoms. The molecule has 3 heteroatoms. The van der Waals surface area contributed by atoms with Gasteiger partial charge in [-0.2, -0.15) is 0 Å². The molecule has 0 unspecified atom stereocenters. The molecule has 0 amide bonds. The molecular weight excluding hydrogens is 252 g/mol. The summed E-state index contributed by atoms with van der Waals surface area (Å²) in [7, 11) is 0. The zero-order chi connectivity index (χ0) is 15.2. The van der Waals surface area contributed by atoms with Gasteiger partial charge in [0.15, 0.2) is 0 Å². The Kier molecular flexibility index (Phi) is 5.68. The first-order chi connectivity index (χ1) is 9.30. The second kappa shape index (κ2) is 7.04. The molecule has 0 bridgehead atoms. The summed E-state index contributed by atoms with van der Waals surface area (Å²) >= 11 is 0. The lowest BCUT2D eigenvalue weighted by atomic mass is 10.0. The topological polar surface area (TPSA) is 43.4 Å². The molecule has 0 atom stereocenters. The summed E-state index contributed by atoms with van der Waals surface area (Å²) in [6.07, 6.45) is 2.62. The predicted octanol–water partition coefficient (Wildman–Crippen LogP) is 3.56. The molecule has 1 aromatic carbocycles. The minimum Gasteiger partial charge on any atom is -0.460 e. The van der Waals surface area contributed by atoms with Gasteiger partial charge >= 0.3 is 5.97 Å². The maximum absolute atomic E-state index is 11.7. The third-order valence-corrected chi connectivity index (χ3v) is 2.67. The standard InChI is InChI=1S/C17H22O3/c1-5-13-6-8-14(9-7-13)10-11-15(18)12-16(19)20-17(2,3)4/h5-9H,1,10-12H2,2-4H3. The molecule has 0 N–H and O–H groups in total. The first kappa shape index (κ1) is 16.2. The number of benzene rings is 1. The van der Waals surface area contributed by atoms with Crippen molar-refractivity contribution >= 4 is 17.8 Å². The Hall–Kier alpha value is -1.90. The van der Waals surface area contributed by atoms with Gasteiger partial charge in [0.25, 0.3) is 0 Å². The Labute approximate surface area is 120 Å². The number of aryl methyl sites for hydroxylation is 1. The number of Topliss-reactive ketones (excluding diaryl/α,β-unsaturated/α-hetero) is 1. The van der Waals surface area contributed by atoms with Crippen LogP contribution in [0.1, 0.15) is 44.7 Å². The van der Waals surface area contributed by atoms with Crippen LogP contribution in [0, 0.1) is 0 Å². The molecular formula is C17H22O3. The van der Waals surface area contributed by atoms with Crippen LogP contribution in [-0.4, -0.2) is 17.4 Å². The fraction of sp³-hybridized carbons (Fsp3) is 0.412. The maximum atomic E-state index is 11.7. The van der Waals surface area contributed by atoms with Crippen LogP contribution >= 0.6 is 0 Å². The van der Waals surface area contributed by atoms with Gasteiger partial charge < -0.3 is 4.74 Å². The molecule has 0 aliphatic carbocycles. The van der Waals surface area contributed by atoms with E-state index in [9.17, 15) is 9.59 Å². The molecule has 0 aromatic heterocycles. The summed E-state index contributed by atoms with van der Waals surface area (Å²) in [5.74, 6) is -0.545. The number of ether oxygens (including phenoxy) is 1. The Morgan fingerprint density at radius 1 is 1.20 bits per heavy atom. The van der Waals surface area contributed by atoms with E-state index in [0.29, 0.717) is 12.8 Å². The van der Waals surface area contributed by atoms with Crippen molar-refractivity contribution in [1.82, 2.24) is 0 Å². The summed E-state index contributed by atoms with van der Waals surface area (Å²) in [5.41, 5.74) is 1.58. The minimum atomic E-state index is -0.544. The monoisotopic (exact) mass is 274 g/mol. The average molecular weight is 274 g/mol. The van der Waals surface area contributed by atoms with Gasteiger partial charge in [0.2, 0.25) is 0 Å². The SMILES string of the molecule is C=Cc1ccc(CCC(=O)CC(=O)OC(C)(C)C)cc1. The molecule has 0 radical (unpaired) electrons. The third kappa shape index (κ3) is 6.32. The van der Waals surface area contributed by atoms with Crippen molar-refractivity contribution in [2.75, 3.05) is 0 Å². The zero-order valence-electron chi connectivity index (χ0n) is 12.4. The number of carbonyl (C=O) groups excluding carboxylic acids is 2. The lowest BCUT2D eigenvalue weighted by Crippen LogP contribution is -2.25. The van der Waals surface area contributed by atoms with E-state index in [0.717, 1.165) is 11.1 Å². The maximum Gasteiger partial charge on any atom is 0.313 e. The van der Waals surface area contributed by atoms with Crippen LogP contribution in [0.25, 0.3) is 6.08 Å². The van der Waals surface area contributed by atoms with Crippen molar-refractivity contribution in [3.8, 4) is 0 Å². The normalized spacial score (nSPS) is 10.9. The van der Waals surface area contributed by atoms with Crippen molar-refractivity contribution in [3.05, 3.63) is 42.0 Å². The molecule has 0 fully saturated rings. The van der Waals surface area contributed by atoms with Gasteiger partial charge in [0, 0.05) is 6.42 Å². The van der Waals surface area contributed by atoms with E-state index in [-0.39, 0.29) is 12.2 Å². The van der Waals surface area contributed by atoms with Gasteiger partial charge in [-0.1, -0.05) is 36.9 Å². The first-order valence-electron chi connectivity index (χ1n) is 6.75. The molecule has 0 aliphatic rings. The number of ketones is 1. The highest BCUT2D eigenvalue weighted by Gasteiger charge is 2.18. The van der Waals surface area contributed by atoms with E-state index in [1.165, 1.54) is 0 Å². The van der Waals surface area contributed by atoms with Gasteiger partial charge in [-0.3, -0.25) is 9.59 Å². The lowest BCUT2D eigenvalue weighted by molar-refractivity contribution is -0.156. The number of carbonyl (C=O) groups is 2. The van der Waals surface area contributed by atoms with Crippen molar-refractivity contribution < 1.29 is 14.3 Å². The lowest BCUT2D eigenvalue weighted by Gasteiger charge is -2.19. The number of hydrogen-bond donors (Lipinski definition) is 0. The Morgan fingerprint density at radius 2 is 1.80 bits per heavy atom. The van der Waals surface area contributed by atoms with Crippen molar-refractivity contribution in [2.24, 2.45) is 0 Å². The smallest absolute Gasteiger partial charge is 0.313 e. The van der Waals surface area contributed by atoms with E-state index >= 15 is 0 Å². The second-order valence-corrected chi connectivity index (χ2v) is 5.75. The second-order valence-electron chi connectivity index (χ2n) is 5.75. The highest BCUT2D eigenvalue weighted by atomic mass is 16.6. The van der Waals surface area contributed by atoms with Gasteiger partial charge in [-0.05, 0) is 38.3 Å². The quantitative estimate of drug-likeness (QED) is 0.588. The summed E-state index contributed by atoms with van der Waals surface area (Å²) in [5, 5.41) is 0. The number of hydrogen-bond acceptors (Lipinski definition) is 3. The molecule has 0 spiro atoms.